The number of hydrogen-bond donors (Lipinski definition) is 2. The molecule has 0 bridgehead atoms. The first-order valence-corrected chi connectivity index (χ1v) is 10.8. The van der Waals surface area contributed by atoms with Crippen molar-refractivity contribution in [2.24, 2.45) is 17.8 Å². The van der Waals surface area contributed by atoms with Gasteiger partial charge in [-0.1, -0.05) is 0 Å². The number of rotatable bonds is 3. The molecule has 6 atom stereocenters. The van der Waals surface area contributed by atoms with Crippen LogP contribution in [0.1, 0.15) is 30.1 Å². The third-order valence-electron chi connectivity index (χ3n) is 7.62. The van der Waals surface area contributed by atoms with Crippen molar-refractivity contribution in [3.8, 4) is 5.75 Å². The quantitative estimate of drug-likeness (QED) is 0.699. The molecule has 1 aromatic carbocycles. The highest BCUT2D eigenvalue weighted by atomic mass is 35.5. The lowest BCUT2D eigenvalue weighted by atomic mass is 9.64. The molecule has 0 spiro atoms. The number of nitrogens with one attached hydrogen (secondary N) is 1. The van der Waals surface area contributed by atoms with Crippen LogP contribution in [0.25, 0.3) is 10.9 Å². The Hall–Kier alpha value is -1.80. The zero-order chi connectivity index (χ0) is 21.0. The van der Waals surface area contributed by atoms with Gasteiger partial charge in [-0.2, -0.15) is 0 Å². The highest BCUT2D eigenvalue weighted by Gasteiger charge is 2.53. The number of aromatic nitrogens is 1. The molecule has 2 aromatic rings. The summed E-state index contributed by atoms with van der Waals surface area (Å²) in [5.74, 6) is 0.514. The summed E-state index contributed by atoms with van der Waals surface area (Å²) in [4.78, 5) is 18.9. The normalized spacial score (nSPS) is 32.4. The van der Waals surface area contributed by atoms with Gasteiger partial charge >= 0.3 is 5.97 Å². The van der Waals surface area contributed by atoms with Gasteiger partial charge in [0.1, 0.15) is 5.75 Å². The molecular formula is C23H31ClN2O5. The van der Waals surface area contributed by atoms with Gasteiger partial charge in [0.25, 0.3) is 0 Å². The summed E-state index contributed by atoms with van der Waals surface area (Å²) in [5, 5.41) is 11.9. The molecule has 1 saturated carbocycles. The third-order valence-corrected chi connectivity index (χ3v) is 7.62. The minimum atomic E-state index is -0.641. The maximum Gasteiger partial charge on any atom is 0.311 e. The van der Waals surface area contributed by atoms with E-state index >= 15 is 0 Å². The Morgan fingerprint density at radius 3 is 2.74 bits per heavy atom. The summed E-state index contributed by atoms with van der Waals surface area (Å²) in [7, 11) is 4.68. The fourth-order valence-electron chi connectivity index (χ4n) is 6.27. The van der Waals surface area contributed by atoms with Crippen LogP contribution >= 0.6 is 12.4 Å². The second-order valence-electron chi connectivity index (χ2n) is 8.90. The van der Waals surface area contributed by atoms with Crippen LogP contribution in [0.5, 0.6) is 5.75 Å². The minimum Gasteiger partial charge on any atom is -0.497 e. The molecule has 1 saturated heterocycles. The van der Waals surface area contributed by atoms with Gasteiger partial charge in [0.2, 0.25) is 0 Å². The van der Waals surface area contributed by atoms with E-state index in [2.05, 4.69) is 22.0 Å². The number of halogens is 1. The highest BCUT2D eigenvalue weighted by molar-refractivity contribution is 5.86. The third kappa shape index (κ3) is 3.52. The number of methoxy groups -OCH3 is 3. The topological polar surface area (TPSA) is 84.0 Å². The van der Waals surface area contributed by atoms with Crippen molar-refractivity contribution < 1.29 is 24.1 Å². The van der Waals surface area contributed by atoms with Gasteiger partial charge in [-0.25, -0.2) is 0 Å². The minimum absolute atomic E-state index is 0. The molecule has 1 aliphatic carbocycles. The molecule has 0 amide bonds. The van der Waals surface area contributed by atoms with Crippen LogP contribution < -0.4 is 4.74 Å². The summed E-state index contributed by atoms with van der Waals surface area (Å²) >= 11 is 0. The first kappa shape index (κ1) is 22.4. The number of benzene rings is 1. The van der Waals surface area contributed by atoms with Crippen molar-refractivity contribution >= 4 is 29.3 Å². The monoisotopic (exact) mass is 450 g/mol. The number of carbonyl (C=O) groups is 1. The van der Waals surface area contributed by atoms with Crippen molar-refractivity contribution in [2.45, 2.75) is 37.5 Å². The van der Waals surface area contributed by atoms with Gasteiger partial charge in [0.05, 0.1) is 38.4 Å². The molecule has 2 fully saturated rings. The Labute approximate surface area is 188 Å². The van der Waals surface area contributed by atoms with E-state index in [0.717, 1.165) is 37.2 Å². The SMILES string of the molecule is COC(=O)C1C2CC3c4[nH]c5cc(OC)ccc5c4CCN3CC2CC(O)C1OC.Cl. The number of aliphatic hydroxyl groups is 1. The van der Waals surface area contributed by atoms with Gasteiger partial charge in [0.15, 0.2) is 0 Å². The number of carbonyl (C=O) groups excluding carboxylic acids is 1. The molecule has 2 aliphatic heterocycles. The first-order valence-electron chi connectivity index (χ1n) is 10.8. The van der Waals surface area contributed by atoms with E-state index in [1.807, 2.05) is 6.07 Å². The molecule has 31 heavy (non-hydrogen) atoms. The van der Waals surface area contributed by atoms with Gasteiger partial charge in [-0.05, 0) is 48.8 Å². The molecule has 1 aromatic heterocycles. The van der Waals surface area contributed by atoms with Gasteiger partial charge in [-0.3, -0.25) is 9.69 Å². The van der Waals surface area contributed by atoms with Crippen LogP contribution in [-0.4, -0.2) is 67.6 Å². The summed E-state index contributed by atoms with van der Waals surface area (Å²) in [5.41, 5.74) is 3.73. The zero-order valence-corrected chi connectivity index (χ0v) is 19.0. The Balaban J connectivity index is 0.00000231. The van der Waals surface area contributed by atoms with E-state index in [1.54, 1.807) is 14.2 Å². The van der Waals surface area contributed by atoms with Crippen molar-refractivity contribution in [1.82, 2.24) is 9.88 Å². The lowest BCUT2D eigenvalue weighted by molar-refractivity contribution is -0.175. The molecule has 3 heterocycles. The van der Waals surface area contributed by atoms with E-state index in [-0.39, 0.29) is 36.3 Å². The number of hydrogen-bond acceptors (Lipinski definition) is 6. The van der Waals surface area contributed by atoms with Crippen LogP contribution in [0.2, 0.25) is 0 Å². The summed E-state index contributed by atoms with van der Waals surface area (Å²) in [6.07, 6.45) is 1.36. The van der Waals surface area contributed by atoms with Gasteiger partial charge < -0.3 is 24.3 Å². The summed E-state index contributed by atoms with van der Waals surface area (Å²) < 4.78 is 16.1. The number of esters is 1. The molecule has 2 N–H and O–H groups in total. The summed E-state index contributed by atoms with van der Waals surface area (Å²) in [6.45, 7) is 1.88. The number of ether oxygens (including phenoxy) is 3. The lowest BCUT2D eigenvalue weighted by Crippen LogP contribution is -2.57. The van der Waals surface area contributed by atoms with Crippen LogP contribution in [-0.2, 0) is 20.7 Å². The Kier molecular flexibility index (Phi) is 6.23. The number of fused-ring (bicyclic) bond motifs is 6. The number of aliphatic hydroxyl groups excluding tert-OH is 1. The van der Waals surface area contributed by atoms with Gasteiger partial charge in [-0.15, -0.1) is 12.4 Å². The van der Waals surface area contributed by atoms with E-state index in [1.165, 1.54) is 23.8 Å². The molecule has 5 rings (SSSR count). The van der Waals surface area contributed by atoms with Crippen molar-refractivity contribution in [3.05, 3.63) is 29.5 Å². The second kappa shape index (κ2) is 8.62. The molecule has 170 valence electrons. The lowest BCUT2D eigenvalue weighted by Gasteiger charge is -2.52. The average Bonchev–Trinajstić information content (AvgIpc) is 3.14. The van der Waals surface area contributed by atoms with E-state index in [4.69, 9.17) is 14.2 Å². The maximum absolute atomic E-state index is 12.7. The number of aromatic amines is 1. The Bertz CT molecular complexity index is 963. The maximum atomic E-state index is 12.7. The molecular weight excluding hydrogens is 420 g/mol. The van der Waals surface area contributed by atoms with Crippen LogP contribution in [0.4, 0.5) is 0 Å². The van der Waals surface area contributed by atoms with E-state index in [9.17, 15) is 9.90 Å². The second-order valence-corrected chi connectivity index (χ2v) is 8.90. The Morgan fingerprint density at radius 2 is 2.03 bits per heavy atom. The standard InChI is InChI=1S/C23H30N2O5.ClH/c1-28-13-4-5-14-15-6-7-25-11-12-8-19(26)22(29-2)20(23(27)30-3)16(12)10-18(25)21(15)24-17(14)9-13;/h4-5,9,12,16,18-20,22,24,26H,6-8,10-11H2,1-3H3;1H. The highest BCUT2D eigenvalue weighted by Crippen LogP contribution is 2.50. The fourth-order valence-corrected chi connectivity index (χ4v) is 6.27. The number of nitrogens with zero attached hydrogens (tertiary/aromatic N) is 1. The fraction of sp³-hybridized carbons (Fsp3) is 0.609. The van der Waals surface area contributed by atoms with Crippen molar-refractivity contribution in [2.75, 3.05) is 34.4 Å². The largest absolute Gasteiger partial charge is 0.497 e. The molecule has 3 aliphatic rings. The van der Waals surface area contributed by atoms with Crippen LogP contribution in [0, 0.1) is 17.8 Å². The predicted molar refractivity (Wildman–Crippen MR) is 119 cm³/mol. The molecule has 0 radical (unpaired) electrons. The Morgan fingerprint density at radius 1 is 1.23 bits per heavy atom. The van der Waals surface area contributed by atoms with Crippen molar-refractivity contribution in [1.29, 1.82) is 0 Å². The molecule has 7 nitrogen and oxygen atoms in total. The number of H-pyrrole nitrogens is 1. The van der Waals surface area contributed by atoms with E-state index in [0.29, 0.717) is 6.42 Å². The first-order chi connectivity index (χ1) is 14.5. The predicted octanol–water partition coefficient (Wildman–Crippen LogP) is 2.70. The van der Waals surface area contributed by atoms with Crippen molar-refractivity contribution in [3.63, 3.8) is 0 Å². The molecule has 6 unspecified atom stereocenters. The average molecular weight is 451 g/mol. The zero-order valence-electron chi connectivity index (χ0n) is 18.2. The smallest absolute Gasteiger partial charge is 0.311 e. The number of piperidine rings is 1. The summed E-state index contributed by atoms with van der Waals surface area (Å²) in [6, 6.07) is 6.44. The van der Waals surface area contributed by atoms with Crippen LogP contribution in [0.15, 0.2) is 18.2 Å². The van der Waals surface area contributed by atoms with Crippen LogP contribution in [0.3, 0.4) is 0 Å². The van der Waals surface area contributed by atoms with E-state index < -0.39 is 18.1 Å². The van der Waals surface area contributed by atoms with Gasteiger partial charge in [0, 0.05) is 42.9 Å². The molecule has 8 heteroatoms.